The van der Waals surface area contributed by atoms with Gasteiger partial charge in [0, 0.05) is 17.1 Å². The zero-order chi connectivity index (χ0) is 19.1. The summed E-state index contributed by atoms with van der Waals surface area (Å²) in [5.74, 6) is 0.492. The number of nitrogens with zero attached hydrogens (tertiary/aromatic N) is 3. The number of rotatable bonds is 4. The molecule has 7 heteroatoms. The van der Waals surface area contributed by atoms with Crippen LogP contribution in [0.3, 0.4) is 0 Å². The van der Waals surface area contributed by atoms with Gasteiger partial charge in [0.2, 0.25) is 0 Å². The number of aromatic nitrogens is 3. The van der Waals surface area contributed by atoms with Crippen LogP contribution in [-0.4, -0.2) is 18.7 Å². The molecule has 140 valence electrons. The van der Waals surface area contributed by atoms with Crippen LogP contribution in [-0.2, 0) is 23.8 Å². The number of fused-ring (bicyclic) bond motifs is 3. The van der Waals surface area contributed by atoms with Gasteiger partial charge in [0.1, 0.15) is 22.8 Å². The quantitative estimate of drug-likeness (QED) is 0.558. The summed E-state index contributed by atoms with van der Waals surface area (Å²) in [6, 6.07) is 17.2. The van der Waals surface area contributed by atoms with Crippen molar-refractivity contribution in [2.45, 2.75) is 24.2 Å². The molecule has 2 aromatic heterocycles. The number of aryl methyl sites for hydroxylation is 1. The van der Waals surface area contributed by atoms with Crippen molar-refractivity contribution in [1.29, 1.82) is 0 Å². The van der Waals surface area contributed by atoms with Crippen molar-refractivity contribution < 1.29 is 4.21 Å². The molecule has 2 heterocycles. The maximum Gasteiger partial charge on any atom is 0.151 e. The molecule has 0 spiro atoms. The van der Waals surface area contributed by atoms with Crippen molar-refractivity contribution >= 4 is 33.5 Å². The third-order valence-corrected chi connectivity index (χ3v) is 6.23. The lowest BCUT2D eigenvalue weighted by Crippen LogP contribution is -2.05. The van der Waals surface area contributed by atoms with Crippen molar-refractivity contribution in [1.82, 2.24) is 14.5 Å². The Balaban J connectivity index is 1.51. The van der Waals surface area contributed by atoms with E-state index in [0.717, 1.165) is 46.6 Å². The summed E-state index contributed by atoms with van der Waals surface area (Å²) < 4.78 is 17.7. The molecule has 0 saturated heterocycles. The number of nitrogens with two attached hydrogens (primary N) is 1. The first kappa shape index (κ1) is 16.9. The minimum Gasteiger partial charge on any atom is -0.382 e. The Labute approximate surface area is 165 Å². The van der Waals surface area contributed by atoms with Crippen LogP contribution in [0.1, 0.15) is 17.7 Å². The van der Waals surface area contributed by atoms with E-state index in [9.17, 15) is 4.21 Å². The van der Waals surface area contributed by atoms with E-state index in [1.165, 1.54) is 17.6 Å². The molecule has 0 amide bonds. The van der Waals surface area contributed by atoms with Crippen LogP contribution in [0.2, 0.25) is 0 Å². The van der Waals surface area contributed by atoms with E-state index < -0.39 is 11.0 Å². The summed E-state index contributed by atoms with van der Waals surface area (Å²) in [7, 11) is -1.30. The van der Waals surface area contributed by atoms with Gasteiger partial charge < -0.3 is 15.0 Å². The summed E-state index contributed by atoms with van der Waals surface area (Å²) in [6.45, 7) is 0. The normalized spacial score (nSPS) is 14.1. The van der Waals surface area contributed by atoms with Crippen molar-refractivity contribution in [3.63, 3.8) is 0 Å². The van der Waals surface area contributed by atoms with E-state index >= 15 is 0 Å². The predicted molar refractivity (Wildman–Crippen MR) is 112 cm³/mol. The Bertz CT molecular complexity index is 1190. The molecule has 0 aliphatic heterocycles. The Kier molecular flexibility index (Phi) is 4.09. The number of anilines is 2. The van der Waals surface area contributed by atoms with Crippen molar-refractivity contribution in [3.8, 4) is 5.69 Å². The highest BCUT2D eigenvalue weighted by Gasteiger charge is 2.25. The van der Waals surface area contributed by atoms with Crippen LogP contribution in [0.4, 0.5) is 11.5 Å². The van der Waals surface area contributed by atoms with Gasteiger partial charge in [-0.1, -0.05) is 18.2 Å². The fourth-order valence-electron chi connectivity index (χ4n) is 3.87. The Hall–Kier alpha value is -3.19. The maximum absolute atomic E-state index is 12.5. The zero-order valence-electron chi connectivity index (χ0n) is 15.1. The Morgan fingerprint density at radius 2 is 1.79 bits per heavy atom. The standard InChI is InChI=1S/C21H19N5OS/c22-21-20-19(23-13-24-21)17-7-4-8-18(17)26(20)15-11-9-14(10-12-15)25-28(27)16-5-2-1-3-6-16/h1-3,5-6,9-13,25H,4,7-8H2,(H2,22,23,24). The molecule has 0 radical (unpaired) electrons. The van der Waals surface area contributed by atoms with Gasteiger partial charge in [-0.05, 0) is 61.2 Å². The molecular weight excluding hydrogens is 370 g/mol. The van der Waals surface area contributed by atoms with Gasteiger partial charge in [-0.3, -0.25) is 0 Å². The minimum absolute atomic E-state index is 0.492. The molecule has 0 saturated carbocycles. The molecule has 0 fully saturated rings. The number of hydrogen-bond donors (Lipinski definition) is 2. The largest absolute Gasteiger partial charge is 0.382 e. The molecule has 28 heavy (non-hydrogen) atoms. The van der Waals surface area contributed by atoms with E-state index in [1.54, 1.807) is 0 Å². The SMILES string of the molecule is Nc1ncnc2c3c(n(-c4ccc(NS(=O)c5ccccc5)cc4)c12)CCC3. The maximum atomic E-state index is 12.5. The molecule has 1 atom stereocenters. The number of nitrogens with one attached hydrogen (secondary N) is 1. The van der Waals surface area contributed by atoms with Crippen LogP contribution in [0.5, 0.6) is 0 Å². The molecule has 0 bridgehead atoms. The van der Waals surface area contributed by atoms with Crippen molar-refractivity contribution in [2.75, 3.05) is 10.5 Å². The van der Waals surface area contributed by atoms with Crippen LogP contribution in [0, 0.1) is 0 Å². The molecule has 1 aliphatic carbocycles. The van der Waals surface area contributed by atoms with Gasteiger partial charge in [-0.25, -0.2) is 14.2 Å². The summed E-state index contributed by atoms with van der Waals surface area (Å²) in [5.41, 5.74) is 12.4. The average Bonchev–Trinajstić information content (AvgIpc) is 3.31. The molecule has 1 aliphatic rings. The lowest BCUT2D eigenvalue weighted by molar-refractivity contribution is 0.686. The molecule has 2 aromatic carbocycles. The second-order valence-electron chi connectivity index (χ2n) is 6.80. The van der Waals surface area contributed by atoms with E-state index in [1.807, 2.05) is 54.6 Å². The fraction of sp³-hybridized carbons (Fsp3) is 0.143. The average molecular weight is 389 g/mol. The van der Waals surface area contributed by atoms with Crippen LogP contribution >= 0.6 is 0 Å². The molecular formula is C21H19N5OS. The molecule has 4 aromatic rings. The fourth-order valence-corrected chi connectivity index (χ4v) is 4.74. The highest BCUT2D eigenvalue weighted by atomic mass is 32.2. The van der Waals surface area contributed by atoms with Gasteiger partial charge in [0.05, 0.1) is 10.4 Å². The molecule has 1 unspecified atom stereocenters. The summed E-state index contributed by atoms with van der Waals surface area (Å²) in [5, 5.41) is 0. The monoisotopic (exact) mass is 389 g/mol. The Morgan fingerprint density at radius 1 is 1.00 bits per heavy atom. The van der Waals surface area contributed by atoms with Gasteiger partial charge in [0.25, 0.3) is 0 Å². The van der Waals surface area contributed by atoms with Crippen molar-refractivity contribution in [3.05, 3.63) is 72.2 Å². The van der Waals surface area contributed by atoms with Gasteiger partial charge >= 0.3 is 0 Å². The third kappa shape index (κ3) is 2.75. The second-order valence-corrected chi connectivity index (χ2v) is 8.01. The van der Waals surface area contributed by atoms with Gasteiger partial charge in [0.15, 0.2) is 5.82 Å². The zero-order valence-corrected chi connectivity index (χ0v) is 15.9. The molecule has 3 N–H and O–H groups in total. The number of hydrogen-bond acceptors (Lipinski definition) is 4. The summed E-state index contributed by atoms with van der Waals surface area (Å²) in [6.07, 6.45) is 4.68. The topological polar surface area (TPSA) is 85.8 Å². The second kappa shape index (κ2) is 6.76. The Morgan fingerprint density at radius 3 is 2.57 bits per heavy atom. The van der Waals surface area contributed by atoms with Crippen LogP contribution in [0.25, 0.3) is 16.7 Å². The molecule has 6 nitrogen and oxygen atoms in total. The minimum atomic E-state index is -1.30. The number of nitrogen functional groups attached to an aromatic ring is 1. The van der Waals surface area contributed by atoms with E-state index in [4.69, 9.17) is 5.73 Å². The van der Waals surface area contributed by atoms with E-state index in [0.29, 0.717) is 5.82 Å². The predicted octanol–water partition coefficient (Wildman–Crippen LogP) is 3.63. The lowest BCUT2D eigenvalue weighted by Gasteiger charge is -2.12. The third-order valence-electron chi connectivity index (χ3n) is 5.11. The first-order chi connectivity index (χ1) is 13.7. The lowest BCUT2D eigenvalue weighted by atomic mass is 10.2. The van der Waals surface area contributed by atoms with E-state index in [2.05, 4.69) is 19.3 Å². The highest BCUT2D eigenvalue weighted by molar-refractivity contribution is 7.86. The summed E-state index contributed by atoms with van der Waals surface area (Å²) in [4.78, 5) is 9.42. The van der Waals surface area contributed by atoms with Crippen molar-refractivity contribution in [2.24, 2.45) is 0 Å². The van der Waals surface area contributed by atoms with Gasteiger partial charge in [-0.2, -0.15) is 0 Å². The molecule has 5 rings (SSSR count). The first-order valence-corrected chi connectivity index (χ1v) is 10.3. The first-order valence-electron chi connectivity index (χ1n) is 9.19. The number of benzene rings is 2. The van der Waals surface area contributed by atoms with Crippen LogP contribution < -0.4 is 10.5 Å². The summed E-state index contributed by atoms with van der Waals surface area (Å²) >= 11 is 0. The van der Waals surface area contributed by atoms with E-state index in [-0.39, 0.29) is 0 Å². The smallest absolute Gasteiger partial charge is 0.151 e. The highest BCUT2D eigenvalue weighted by Crippen LogP contribution is 2.36. The van der Waals surface area contributed by atoms with Gasteiger partial charge in [-0.15, -0.1) is 0 Å². The van der Waals surface area contributed by atoms with Crippen LogP contribution in [0.15, 0.2) is 65.8 Å².